The van der Waals surface area contributed by atoms with Crippen molar-refractivity contribution in [1.29, 1.82) is 0 Å². The van der Waals surface area contributed by atoms with Gasteiger partial charge in [0, 0.05) is 37.8 Å². The van der Waals surface area contributed by atoms with E-state index < -0.39 is 0 Å². The predicted molar refractivity (Wildman–Crippen MR) is 70.7 cm³/mol. The van der Waals surface area contributed by atoms with Crippen LogP contribution in [0.4, 0.5) is 5.69 Å². The number of nitrogens with one attached hydrogen (secondary N) is 2. The molecule has 0 fully saturated rings. The highest BCUT2D eigenvalue weighted by Crippen LogP contribution is 2.05. The summed E-state index contributed by atoms with van der Waals surface area (Å²) in [5, 5.41) is 3.26. The van der Waals surface area contributed by atoms with Gasteiger partial charge in [-0.1, -0.05) is 0 Å². The average Bonchev–Trinajstić information content (AvgIpc) is 2.89. The van der Waals surface area contributed by atoms with Crippen LogP contribution in [0.5, 0.6) is 0 Å². The van der Waals surface area contributed by atoms with Gasteiger partial charge in [-0.2, -0.15) is 0 Å². The number of pyridine rings is 1. The molecule has 0 saturated carbocycles. The van der Waals surface area contributed by atoms with Crippen molar-refractivity contribution in [3.8, 4) is 0 Å². The Morgan fingerprint density at radius 2 is 2.28 bits per heavy atom. The third kappa shape index (κ3) is 3.24. The van der Waals surface area contributed by atoms with E-state index in [0.717, 1.165) is 11.4 Å². The van der Waals surface area contributed by atoms with Crippen molar-refractivity contribution in [2.45, 2.75) is 13.1 Å². The quantitative estimate of drug-likeness (QED) is 0.812. The first kappa shape index (κ1) is 12.4. The summed E-state index contributed by atoms with van der Waals surface area (Å²) in [4.78, 5) is 14.7. The van der Waals surface area contributed by atoms with E-state index in [0.29, 0.717) is 19.7 Å². The second-order valence-corrected chi connectivity index (χ2v) is 3.99. The topological polar surface area (TPSA) is 59.0 Å². The Labute approximate surface area is 105 Å². The van der Waals surface area contributed by atoms with E-state index in [1.54, 1.807) is 23.8 Å². The van der Waals surface area contributed by atoms with Gasteiger partial charge in [0.2, 0.25) is 0 Å². The molecule has 0 unspecified atom stereocenters. The minimum Gasteiger partial charge on any atom is -0.383 e. The van der Waals surface area contributed by atoms with Crippen molar-refractivity contribution >= 4 is 5.69 Å². The number of hydrogen-bond acceptors (Lipinski definition) is 3. The van der Waals surface area contributed by atoms with Gasteiger partial charge < -0.3 is 19.6 Å². The zero-order valence-corrected chi connectivity index (χ0v) is 10.3. The van der Waals surface area contributed by atoms with Crippen molar-refractivity contribution in [1.82, 2.24) is 9.55 Å². The van der Waals surface area contributed by atoms with Crippen LogP contribution in [0.15, 0.2) is 41.5 Å². The number of hydrogen-bond donors (Lipinski definition) is 2. The van der Waals surface area contributed by atoms with Crippen LogP contribution in [0.2, 0.25) is 0 Å². The SMILES string of the molecule is COCCn1cc(NCc2ccc[nH]2)ccc1=O. The van der Waals surface area contributed by atoms with Gasteiger partial charge in [-0.3, -0.25) is 4.79 Å². The molecule has 5 heteroatoms. The molecule has 0 bridgehead atoms. The van der Waals surface area contributed by atoms with Gasteiger partial charge in [0.05, 0.1) is 18.8 Å². The Kier molecular flexibility index (Phi) is 4.20. The molecular weight excluding hydrogens is 230 g/mol. The molecule has 2 heterocycles. The van der Waals surface area contributed by atoms with Crippen LogP contribution in [0.1, 0.15) is 5.69 Å². The first-order valence-corrected chi connectivity index (χ1v) is 5.85. The third-order valence-electron chi connectivity index (χ3n) is 2.67. The maximum atomic E-state index is 11.6. The molecule has 18 heavy (non-hydrogen) atoms. The lowest BCUT2D eigenvalue weighted by atomic mass is 10.3. The van der Waals surface area contributed by atoms with Crippen molar-refractivity contribution in [3.63, 3.8) is 0 Å². The summed E-state index contributed by atoms with van der Waals surface area (Å²) in [6.07, 6.45) is 3.70. The smallest absolute Gasteiger partial charge is 0.250 e. The number of aromatic amines is 1. The number of aromatic nitrogens is 2. The molecule has 0 radical (unpaired) electrons. The van der Waals surface area contributed by atoms with Gasteiger partial charge in [0.25, 0.3) is 5.56 Å². The molecule has 5 nitrogen and oxygen atoms in total. The summed E-state index contributed by atoms with van der Waals surface area (Å²) in [6, 6.07) is 7.31. The maximum absolute atomic E-state index is 11.6. The van der Waals surface area contributed by atoms with Crippen LogP contribution >= 0.6 is 0 Å². The third-order valence-corrected chi connectivity index (χ3v) is 2.67. The monoisotopic (exact) mass is 247 g/mol. The largest absolute Gasteiger partial charge is 0.383 e. The van der Waals surface area contributed by atoms with Crippen LogP contribution in [0.25, 0.3) is 0 Å². The number of rotatable bonds is 6. The van der Waals surface area contributed by atoms with Gasteiger partial charge in [-0.25, -0.2) is 0 Å². The van der Waals surface area contributed by atoms with E-state index in [9.17, 15) is 4.79 Å². The maximum Gasteiger partial charge on any atom is 0.250 e. The summed E-state index contributed by atoms with van der Waals surface area (Å²) >= 11 is 0. The highest BCUT2D eigenvalue weighted by molar-refractivity contribution is 5.40. The summed E-state index contributed by atoms with van der Waals surface area (Å²) in [5.41, 5.74) is 2.00. The predicted octanol–water partition coefficient (Wildman–Crippen LogP) is 1.43. The van der Waals surface area contributed by atoms with Crippen LogP contribution in [-0.4, -0.2) is 23.3 Å². The molecule has 0 aliphatic carbocycles. The second-order valence-electron chi connectivity index (χ2n) is 3.99. The number of anilines is 1. The lowest BCUT2D eigenvalue weighted by Gasteiger charge is -2.09. The molecule has 2 rings (SSSR count). The van der Waals surface area contributed by atoms with Gasteiger partial charge in [0.1, 0.15) is 0 Å². The van der Waals surface area contributed by atoms with E-state index in [4.69, 9.17) is 4.74 Å². The summed E-state index contributed by atoms with van der Waals surface area (Å²) in [5.74, 6) is 0. The highest BCUT2D eigenvalue weighted by Gasteiger charge is 1.99. The molecule has 0 saturated heterocycles. The van der Waals surface area contributed by atoms with Crippen LogP contribution in [0.3, 0.4) is 0 Å². The molecule has 2 aromatic heterocycles. The lowest BCUT2D eigenvalue weighted by molar-refractivity contribution is 0.186. The highest BCUT2D eigenvalue weighted by atomic mass is 16.5. The molecule has 0 aromatic carbocycles. The van der Waals surface area contributed by atoms with Crippen LogP contribution in [0, 0.1) is 0 Å². The van der Waals surface area contributed by atoms with Gasteiger partial charge >= 0.3 is 0 Å². The fourth-order valence-electron chi connectivity index (χ4n) is 1.68. The lowest BCUT2D eigenvalue weighted by Crippen LogP contribution is -2.21. The average molecular weight is 247 g/mol. The fraction of sp³-hybridized carbons (Fsp3) is 0.308. The van der Waals surface area contributed by atoms with E-state index in [1.807, 2.05) is 24.5 Å². The van der Waals surface area contributed by atoms with Crippen molar-refractivity contribution in [2.75, 3.05) is 19.0 Å². The summed E-state index contributed by atoms with van der Waals surface area (Å²) < 4.78 is 6.61. The summed E-state index contributed by atoms with van der Waals surface area (Å²) in [7, 11) is 1.62. The van der Waals surface area contributed by atoms with E-state index in [-0.39, 0.29) is 5.56 Å². The minimum absolute atomic E-state index is 0.0162. The second kappa shape index (κ2) is 6.07. The molecule has 0 aliphatic heterocycles. The Morgan fingerprint density at radius 3 is 3.00 bits per heavy atom. The minimum atomic E-state index is -0.0162. The van der Waals surface area contributed by atoms with Crippen molar-refractivity contribution < 1.29 is 4.74 Å². The standard InChI is InChI=1S/C13H17N3O2/c1-18-8-7-16-10-12(4-5-13(16)17)15-9-11-3-2-6-14-11/h2-6,10,14-15H,7-9H2,1H3. The number of H-pyrrole nitrogens is 1. The van der Waals surface area contributed by atoms with Crippen LogP contribution < -0.4 is 10.9 Å². The Morgan fingerprint density at radius 1 is 1.39 bits per heavy atom. The summed E-state index contributed by atoms with van der Waals surface area (Å²) in [6.45, 7) is 1.79. The Hall–Kier alpha value is -2.01. The normalized spacial score (nSPS) is 10.5. The van der Waals surface area contributed by atoms with E-state index in [1.165, 1.54) is 0 Å². The molecule has 0 amide bonds. The first-order chi connectivity index (χ1) is 8.79. The number of ether oxygens (including phenoxy) is 1. The molecule has 0 atom stereocenters. The molecule has 2 aromatic rings. The molecule has 0 aliphatic rings. The van der Waals surface area contributed by atoms with Crippen molar-refractivity contribution in [3.05, 3.63) is 52.7 Å². The number of nitrogens with zero attached hydrogens (tertiary/aromatic N) is 1. The Balaban J connectivity index is 2.02. The molecule has 2 N–H and O–H groups in total. The fourth-order valence-corrected chi connectivity index (χ4v) is 1.68. The van der Waals surface area contributed by atoms with Crippen molar-refractivity contribution in [2.24, 2.45) is 0 Å². The first-order valence-electron chi connectivity index (χ1n) is 5.85. The van der Waals surface area contributed by atoms with E-state index >= 15 is 0 Å². The van der Waals surface area contributed by atoms with Crippen LogP contribution in [-0.2, 0) is 17.8 Å². The number of methoxy groups -OCH3 is 1. The molecular formula is C13H17N3O2. The van der Waals surface area contributed by atoms with E-state index in [2.05, 4.69) is 10.3 Å². The Bertz CT molecular complexity index is 531. The van der Waals surface area contributed by atoms with Gasteiger partial charge in [-0.15, -0.1) is 0 Å². The molecule has 96 valence electrons. The molecule has 0 spiro atoms. The zero-order valence-electron chi connectivity index (χ0n) is 10.3. The zero-order chi connectivity index (χ0) is 12.8. The van der Waals surface area contributed by atoms with Gasteiger partial charge in [0.15, 0.2) is 0 Å². The van der Waals surface area contributed by atoms with Gasteiger partial charge in [-0.05, 0) is 18.2 Å².